The molecule has 1 saturated heterocycles. The highest BCUT2D eigenvalue weighted by Crippen LogP contribution is 2.36. The van der Waals surface area contributed by atoms with Gasteiger partial charge in [0.2, 0.25) is 0 Å². The van der Waals surface area contributed by atoms with Gasteiger partial charge in [0.1, 0.15) is 12.4 Å². The molecule has 0 bridgehead atoms. The molecule has 0 spiro atoms. The molecule has 0 radical (unpaired) electrons. The SMILES string of the molecule is COc1ccc(S(=O)(=O)Nc2ncnc3cc(OC4CCN(C)CC4)c(OC)cc23)cc1OC. The van der Waals surface area contributed by atoms with Gasteiger partial charge in [-0.25, -0.2) is 18.4 Å². The second kappa shape index (κ2) is 9.90. The summed E-state index contributed by atoms with van der Waals surface area (Å²) in [6.07, 6.45) is 3.21. The third-order valence-corrected chi connectivity index (χ3v) is 7.11. The lowest BCUT2D eigenvalue weighted by molar-refractivity contribution is 0.111. The van der Waals surface area contributed by atoms with Crippen molar-refractivity contribution in [3.8, 4) is 23.0 Å². The monoisotopic (exact) mass is 488 g/mol. The van der Waals surface area contributed by atoms with Crippen molar-refractivity contribution in [1.82, 2.24) is 14.9 Å². The minimum atomic E-state index is -3.97. The van der Waals surface area contributed by atoms with Gasteiger partial charge in [-0.15, -0.1) is 0 Å². The Morgan fingerprint density at radius 3 is 2.26 bits per heavy atom. The highest BCUT2D eigenvalue weighted by atomic mass is 32.2. The molecule has 2 aromatic carbocycles. The molecule has 0 amide bonds. The van der Waals surface area contributed by atoms with Gasteiger partial charge in [0, 0.05) is 30.6 Å². The maximum atomic E-state index is 13.1. The van der Waals surface area contributed by atoms with Crippen LogP contribution in [0.1, 0.15) is 12.8 Å². The number of aromatic nitrogens is 2. The van der Waals surface area contributed by atoms with E-state index in [0.29, 0.717) is 33.9 Å². The molecule has 0 unspecified atom stereocenters. The van der Waals surface area contributed by atoms with Crippen LogP contribution in [-0.4, -0.2) is 70.9 Å². The van der Waals surface area contributed by atoms with Crippen LogP contribution >= 0.6 is 0 Å². The predicted octanol–water partition coefficient (Wildman–Crippen LogP) is 2.93. The van der Waals surface area contributed by atoms with Gasteiger partial charge in [-0.05, 0) is 38.1 Å². The Balaban J connectivity index is 1.65. The van der Waals surface area contributed by atoms with Gasteiger partial charge in [-0.1, -0.05) is 0 Å². The van der Waals surface area contributed by atoms with Gasteiger partial charge in [-0.3, -0.25) is 4.72 Å². The summed E-state index contributed by atoms with van der Waals surface area (Å²) in [6.45, 7) is 1.93. The van der Waals surface area contributed by atoms with Gasteiger partial charge in [0.15, 0.2) is 28.8 Å². The number of piperidine rings is 1. The van der Waals surface area contributed by atoms with Crippen LogP contribution in [0.3, 0.4) is 0 Å². The molecule has 1 aromatic heterocycles. The number of methoxy groups -OCH3 is 3. The summed E-state index contributed by atoms with van der Waals surface area (Å²) < 4.78 is 50.9. The van der Waals surface area contributed by atoms with E-state index in [1.165, 1.54) is 38.7 Å². The zero-order chi connectivity index (χ0) is 24.3. The first kappa shape index (κ1) is 23.8. The number of nitrogens with zero attached hydrogens (tertiary/aromatic N) is 3. The Kier molecular flexibility index (Phi) is 6.94. The number of benzene rings is 2. The Hall–Kier alpha value is -3.31. The van der Waals surface area contributed by atoms with E-state index in [9.17, 15) is 8.42 Å². The fourth-order valence-corrected chi connectivity index (χ4v) is 4.89. The second-order valence-corrected chi connectivity index (χ2v) is 9.67. The van der Waals surface area contributed by atoms with Crippen molar-refractivity contribution in [1.29, 1.82) is 0 Å². The van der Waals surface area contributed by atoms with E-state index in [-0.39, 0.29) is 16.8 Å². The molecule has 1 aliphatic heterocycles. The topological polar surface area (TPSA) is 112 Å². The summed E-state index contributed by atoms with van der Waals surface area (Å²) in [4.78, 5) is 10.7. The van der Waals surface area contributed by atoms with E-state index >= 15 is 0 Å². The number of rotatable bonds is 8. The van der Waals surface area contributed by atoms with Gasteiger partial charge >= 0.3 is 0 Å². The van der Waals surface area contributed by atoms with Crippen LogP contribution in [0.15, 0.2) is 41.6 Å². The second-order valence-electron chi connectivity index (χ2n) is 7.99. The zero-order valence-corrected chi connectivity index (χ0v) is 20.4. The third kappa shape index (κ3) is 4.95. The fourth-order valence-electron chi connectivity index (χ4n) is 3.85. The Bertz CT molecular complexity index is 1280. The molecule has 4 rings (SSSR count). The molecule has 0 atom stereocenters. The molecule has 1 aliphatic rings. The molecule has 2 heterocycles. The van der Waals surface area contributed by atoms with E-state index in [1.807, 2.05) is 0 Å². The standard InChI is InChI=1S/C23H28N4O6S/c1-27-9-7-15(8-10-27)33-22-13-18-17(12-21(22)32-4)23(25-14-24-18)26-34(28,29)16-5-6-19(30-2)20(11-16)31-3/h5-6,11-15H,7-10H2,1-4H3,(H,24,25,26). The number of hydrogen-bond acceptors (Lipinski definition) is 9. The number of likely N-dealkylation sites (tertiary alicyclic amines) is 1. The lowest BCUT2D eigenvalue weighted by Crippen LogP contribution is -2.35. The first-order valence-corrected chi connectivity index (χ1v) is 12.3. The number of ether oxygens (including phenoxy) is 4. The predicted molar refractivity (Wildman–Crippen MR) is 128 cm³/mol. The van der Waals surface area contributed by atoms with E-state index in [4.69, 9.17) is 18.9 Å². The van der Waals surface area contributed by atoms with Crippen LogP contribution in [0, 0.1) is 0 Å². The summed E-state index contributed by atoms with van der Waals surface area (Å²) in [5.74, 6) is 1.90. The quantitative estimate of drug-likeness (QED) is 0.511. The Morgan fingerprint density at radius 1 is 0.912 bits per heavy atom. The van der Waals surface area contributed by atoms with Gasteiger partial charge in [0.25, 0.3) is 10.0 Å². The first-order chi connectivity index (χ1) is 16.3. The largest absolute Gasteiger partial charge is 0.493 e. The van der Waals surface area contributed by atoms with Crippen LogP contribution in [-0.2, 0) is 10.0 Å². The molecule has 10 nitrogen and oxygen atoms in total. The lowest BCUT2D eigenvalue weighted by Gasteiger charge is -2.29. The number of anilines is 1. The van der Waals surface area contributed by atoms with Crippen molar-refractivity contribution < 1.29 is 27.4 Å². The Morgan fingerprint density at radius 2 is 1.59 bits per heavy atom. The Labute approximate surface area is 198 Å². The van der Waals surface area contributed by atoms with Gasteiger partial charge < -0.3 is 23.8 Å². The minimum absolute atomic E-state index is 0.00565. The van der Waals surface area contributed by atoms with Gasteiger partial charge in [0.05, 0.1) is 31.7 Å². The summed E-state index contributed by atoms with van der Waals surface area (Å²) >= 11 is 0. The van der Waals surface area contributed by atoms with Crippen LogP contribution in [0.2, 0.25) is 0 Å². The van der Waals surface area contributed by atoms with E-state index in [1.54, 1.807) is 19.2 Å². The molecule has 0 saturated carbocycles. The average molecular weight is 489 g/mol. The summed E-state index contributed by atoms with van der Waals surface area (Å²) in [6, 6.07) is 7.79. The summed E-state index contributed by atoms with van der Waals surface area (Å²) in [5.41, 5.74) is 0.531. The van der Waals surface area contributed by atoms with Gasteiger partial charge in [-0.2, -0.15) is 0 Å². The van der Waals surface area contributed by atoms with Crippen molar-refractivity contribution in [3.63, 3.8) is 0 Å². The van der Waals surface area contributed by atoms with Crippen molar-refractivity contribution in [2.75, 3.05) is 46.2 Å². The number of nitrogens with one attached hydrogen (secondary N) is 1. The number of fused-ring (bicyclic) bond motifs is 1. The molecule has 0 aliphatic carbocycles. The maximum absolute atomic E-state index is 13.1. The molecule has 182 valence electrons. The number of hydrogen-bond donors (Lipinski definition) is 1. The smallest absolute Gasteiger partial charge is 0.263 e. The first-order valence-electron chi connectivity index (χ1n) is 10.8. The third-order valence-electron chi connectivity index (χ3n) is 5.78. The highest BCUT2D eigenvalue weighted by molar-refractivity contribution is 7.92. The van der Waals surface area contributed by atoms with E-state index in [2.05, 4.69) is 26.6 Å². The maximum Gasteiger partial charge on any atom is 0.263 e. The minimum Gasteiger partial charge on any atom is -0.493 e. The van der Waals surface area contributed by atoms with Crippen molar-refractivity contribution in [3.05, 3.63) is 36.7 Å². The summed E-state index contributed by atoms with van der Waals surface area (Å²) in [7, 11) is 2.58. The fraction of sp³-hybridized carbons (Fsp3) is 0.391. The van der Waals surface area contributed by atoms with Crippen LogP contribution in [0.4, 0.5) is 5.82 Å². The van der Waals surface area contributed by atoms with Crippen LogP contribution in [0.25, 0.3) is 10.9 Å². The lowest BCUT2D eigenvalue weighted by atomic mass is 10.1. The molecular formula is C23H28N4O6S. The van der Waals surface area contributed by atoms with Crippen molar-refractivity contribution in [2.24, 2.45) is 0 Å². The molecule has 34 heavy (non-hydrogen) atoms. The molecule has 1 fully saturated rings. The average Bonchev–Trinajstić information content (AvgIpc) is 2.84. The van der Waals surface area contributed by atoms with E-state index in [0.717, 1.165) is 25.9 Å². The van der Waals surface area contributed by atoms with Crippen molar-refractivity contribution in [2.45, 2.75) is 23.8 Å². The summed E-state index contributed by atoms with van der Waals surface area (Å²) in [5, 5.41) is 0.485. The van der Waals surface area contributed by atoms with Crippen LogP contribution < -0.4 is 23.7 Å². The molecular weight excluding hydrogens is 460 g/mol. The molecule has 3 aromatic rings. The highest BCUT2D eigenvalue weighted by Gasteiger charge is 2.23. The van der Waals surface area contributed by atoms with E-state index < -0.39 is 10.0 Å². The zero-order valence-electron chi connectivity index (χ0n) is 19.6. The van der Waals surface area contributed by atoms with Crippen LogP contribution in [0.5, 0.6) is 23.0 Å². The number of sulfonamides is 1. The molecule has 1 N–H and O–H groups in total. The molecule has 11 heteroatoms. The normalized spacial score (nSPS) is 15.2. The van der Waals surface area contributed by atoms with Crippen molar-refractivity contribution >= 4 is 26.7 Å².